The van der Waals surface area contributed by atoms with Gasteiger partial charge in [-0.15, -0.1) is 0 Å². The lowest BCUT2D eigenvalue weighted by atomic mass is 10.0. The zero-order chi connectivity index (χ0) is 11.3. The average molecular weight is 215 g/mol. The van der Waals surface area contributed by atoms with Crippen LogP contribution in [0.15, 0.2) is 0 Å². The lowest BCUT2D eigenvalue weighted by molar-refractivity contribution is -0.142. The molecule has 0 aliphatic carbocycles. The number of piperidine rings is 1. The molecule has 1 fully saturated rings. The number of carbonyl (C=O) groups excluding carboxylic acids is 1. The first-order chi connectivity index (χ1) is 7.15. The minimum absolute atomic E-state index is 0.0290. The van der Waals surface area contributed by atoms with Crippen LogP contribution in [-0.4, -0.2) is 46.2 Å². The van der Waals surface area contributed by atoms with E-state index in [-0.39, 0.29) is 31.4 Å². The fraction of sp³-hybridized carbons (Fsp3) is 0.800. The number of hydrogen-bond acceptors (Lipinski definition) is 3. The van der Waals surface area contributed by atoms with E-state index in [0.717, 1.165) is 19.3 Å². The molecule has 1 aliphatic rings. The van der Waals surface area contributed by atoms with Gasteiger partial charge in [0.1, 0.15) is 0 Å². The number of carboxylic acid groups (broad SMARTS) is 1. The van der Waals surface area contributed by atoms with E-state index in [9.17, 15) is 9.59 Å². The van der Waals surface area contributed by atoms with Gasteiger partial charge in [0, 0.05) is 13.0 Å². The Morgan fingerprint density at radius 1 is 1.27 bits per heavy atom. The molecule has 1 saturated heterocycles. The smallest absolute Gasteiger partial charge is 0.303 e. The van der Waals surface area contributed by atoms with Crippen LogP contribution in [0.2, 0.25) is 0 Å². The molecule has 1 atom stereocenters. The van der Waals surface area contributed by atoms with Crippen LogP contribution in [0.5, 0.6) is 0 Å². The molecule has 86 valence electrons. The van der Waals surface area contributed by atoms with Crippen molar-refractivity contribution < 1.29 is 19.8 Å². The number of nitrogens with zero attached hydrogens (tertiary/aromatic N) is 1. The third kappa shape index (κ3) is 3.51. The summed E-state index contributed by atoms with van der Waals surface area (Å²) >= 11 is 0. The Morgan fingerprint density at radius 3 is 2.60 bits per heavy atom. The lowest BCUT2D eigenvalue weighted by Gasteiger charge is -2.34. The molecule has 1 aliphatic heterocycles. The lowest BCUT2D eigenvalue weighted by Crippen LogP contribution is -2.45. The molecule has 0 spiro atoms. The molecule has 0 aromatic rings. The first kappa shape index (κ1) is 12.0. The molecule has 0 saturated carbocycles. The van der Waals surface area contributed by atoms with Crippen molar-refractivity contribution in [1.82, 2.24) is 4.90 Å². The summed E-state index contributed by atoms with van der Waals surface area (Å²) in [6.07, 6.45) is 2.68. The average Bonchev–Trinajstić information content (AvgIpc) is 2.25. The highest BCUT2D eigenvalue weighted by molar-refractivity contribution is 5.81. The Balaban J connectivity index is 2.44. The summed E-state index contributed by atoms with van der Waals surface area (Å²) in [5.41, 5.74) is 0. The summed E-state index contributed by atoms with van der Waals surface area (Å²) in [6.45, 7) is 0.614. The molecule has 5 heteroatoms. The molecule has 5 nitrogen and oxygen atoms in total. The zero-order valence-electron chi connectivity index (χ0n) is 8.69. The molecule has 1 amide bonds. The summed E-state index contributed by atoms with van der Waals surface area (Å²) < 4.78 is 0. The highest BCUT2D eigenvalue weighted by Gasteiger charge is 2.25. The molecule has 1 unspecified atom stereocenters. The number of carbonyl (C=O) groups is 2. The number of aliphatic carboxylic acids is 1. The van der Waals surface area contributed by atoms with Crippen LogP contribution in [-0.2, 0) is 9.59 Å². The Morgan fingerprint density at radius 2 is 2.00 bits per heavy atom. The van der Waals surface area contributed by atoms with Gasteiger partial charge < -0.3 is 15.1 Å². The molecule has 0 aromatic heterocycles. The van der Waals surface area contributed by atoms with Gasteiger partial charge in [0.15, 0.2) is 0 Å². The topological polar surface area (TPSA) is 77.8 Å². The minimum Gasteiger partial charge on any atom is -0.481 e. The van der Waals surface area contributed by atoms with E-state index in [1.54, 1.807) is 4.90 Å². The van der Waals surface area contributed by atoms with Gasteiger partial charge in [-0.25, -0.2) is 0 Å². The number of rotatable bonds is 4. The van der Waals surface area contributed by atoms with Gasteiger partial charge in [-0.3, -0.25) is 9.59 Å². The quantitative estimate of drug-likeness (QED) is 0.703. The van der Waals surface area contributed by atoms with Gasteiger partial charge >= 0.3 is 5.97 Å². The first-order valence-electron chi connectivity index (χ1n) is 5.27. The van der Waals surface area contributed by atoms with Gasteiger partial charge in [-0.1, -0.05) is 0 Å². The molecule has 0 bridgehead atoms. The number of hydrogen-bond donors (Lipinski definition) is 2. The van der Waals surface area contributed by atoms with E-state index in [2.05, 4.69) is 0 Å². The van der Waals surface area contributed by atoms with Crippen molar-refractivity contribution in [1.29, 1.82) is 0 Å². The van der Waals surface area contributed by atoms with Gasteiger partial charge in [0.25, 0.3) is 0 Å². The van der Waals surface area contributed by atoms with Crippen molar-refractivity contribution >= 4 is 11.9 Å². The largest absolute Gasteiger partial charge is 0.481 e. The second-order valence-corrected chi connectivity index (χ2v) is 3.81. The van der Waals surface area contributed by atoms with E-state index < -0.39 is 5.97 Å². The zero-order valence-corrected chi connectivity index (χ0v) is 8.69. The van der Waals surface area contributed by atoms with E-state index in [1.165, 1.54) is 0 Å². The fourth-order valence-electron chi connectivity index (χ4n) is 1.88. The second-order valence-electron chi connectivity index (χ2n) is 3.81. The van der Waals surface area contributed by atoms with E-state index in [0.29, 0.717) is 6.54 Å². The maximum absolute atomic E-state index is 11.6. The second kappa shape index (κ2) is 5.70. The molecular weight excluding hydrogens is 198 g/mol. The molecule has 1 rings (SSSR count). The van der Waals surface area contributed by atoms with Gasteiger partial charge in [0.2, 0.25) is 5.91 Å². The molecule has 1 heterocycles. The molecule has 15 heavy (non-hydrogen) atoms. The number of aliphatic hydroxyl groups is 1. The van der Waals surface area contributed by atoms with Crippen molar-refractivity contribution in [2.45, 2.75) is 38.1 Å². The van der Waals surface area contributed by atoms with Crippen LogP contribution >= 0.6 is 0 Å². The number of amides is 1. The van der Waals surface area contributed by atoms with Crippen LogP contribution in [0, 0.1) is 0 Å². The van der Waals surface area contributed by atoms with E-state index in [4.69, 9.17) is 10.2 Å². The first-order valence-corrected chi connectivity index (χ1v) is 5.27. The summed E-state index contributed by atoms with van der Waals surface area (Å²) in [7, 11) is 0. The van der Waals surface area contributed by atoms with Crippen molar-refractivity contribution in [3.8, 4) is 0 Å². The maximum Gasteiger partial charge on any atom is 0.303 e. The highest BCUT2D eigenvalue weighted by Crippen LogP contribution is 2.17. The Bertz CT molecular complexity index is 242. The predicted molar refractivity (Wildman–Crippen MR) is 53.3 cm³/mol. The Hall–Kier alpha value is -1.10. The van der Waals surface area contributed by atoms with Crippen LogP contribution in [0.1, 0.15) is 32.1 Å². The summed E-state index contributed by atoms with van der Waals surface area (Å²) in [4.78, 5) is 23.6. The number of likely N-dealkylation sites (tertiary alicyclic amines) is 1. The van der Waals surface area contributed by atoms with Crippen molar-refractivity contribution in [2.75, 3.05) is 13.2 Å². The predicted octanol–water partition coefficient (Wildman–Crippen LogP) is 0.225. The number of carboxylic acids is 1. The highest BCUT2D eigenvalue weighted by atomic mass is 16.4. The van der Waals surface area contributed by atoms with Crippen molar-refractivity contribution in [3.05, 3.63) is 0 Å². The monoisotopic (exact) mass is 215 g/mol. The van der Waals surface area contributed by atoms with Crippen LogP contribution < -0.4 is 0 Å². The third-order valence-corrected chi connectivity index (χ3v) is 2.71. The molecule has 2 N–H and O–H groups in total. The molecular formula is C10H17NO4. The molecule has 0 aromatic carbocycles. The van der Waals surface area contributed by atoms with Crippen molar-refractivity contribution in [2.24, 2.45) is 0 Å². The van der Waals surface area contributed by atoms with E-state index in [1.807, 2.05) is 0 Å². The standard InChI is InChI=1S/C10H17NO4/c12-7-8-3-1-2-6-11(8)9(13)4-5-10(14)15/h8,12H,1-7H2,(H,14,15). The van der Waals surface area contributed by atoms with Gasteiger partial charge in [0.05, 0.1) is 19.1 Å². The van der Waals surface area contributed by atoms with Crippen LogP contribution in [0.3, 0.4) is 0 Å². The fourth-order valence-corrected chi connectivity index (χ4v) is 1.88. The Kier molecular flexibility index (Phi) is 4.55. The normalized spacial score (nSPS) is 21.4. The number of aliphatic hydroxyl groups excluding tert-OH is 1. The van der Waals surface area contributed by atoms with Crippen LogP contribution in [0.25, 0.3) is 0 Å². The summed E-state index contributed by atoms with van der Waals surface area (Å²) in [6, 6.07) is -0.111. The Labute approximate surface area is 88.7 Å². The summed E-state index contributed by atoms with van der Waals surface area (Å²) in [5.74, 6) is -1.11. The maximum atomic E-state index is 11.6. The third-order valence-electron chi connectivity index (χ3n) is 2.71. The van der Waals surface area contributed by atoms with Gasteiger partial charge in [-0.2, -0.15) is 0 Å². The summed E-state index contributed by atoms with van der Waals surface area (Å²) in [5, 5.41) is 17.5. The van der Waals surface area contributed by atoms with Crippen LogP contribution in [0.4, 0.5) is 0 Å². The van der Waals surface area contributed by atoms with Crippen molar-refractivity contribution in [3.63, 3.8) is 0 Å². The van der Waals surface area contributed by atoms with E-state index >= 15 is 0 Å². The molecule has 0 radical (unpaired) electrons. The minimum atomic E-state index is -0.957. The SMILES string of the molecule is O=C(O)CCC(=O)N1CCCCC1CO. The van der Waals surface area contributed by atoms with Gasteiger partial charge in [-0.05, 0) is 19.3 Å².